The molecule has 0 spiro atoms. The van der Waals surface area contributed by atoms with E-state index in [2.05, 4.69) is 22.9 Å². The predicted octanol–water partition coefficient (Wildman–Crippen LogP) is 3.09. The van der Waals surface area contributed by atoms with Gasteiger partial charge in [0.2, 0.25) is 5.43 Å². The molecule has 4 nitrogen and oxygen atoms in total. The van der Waals surface area contributed by atoms with Gasteiger partial charge in [0.1, 0.15) is 5.56 Å². The van der Waals surface area contributed by atoms with E-state index in [9.17, 15) is 9.59 Å². The van der Waals surface area contributed by atoms with Crippen LogP contribution in [0.25, 0.3) is 10.9 Å². The molecule has 1 aliphatic heterocycles. The van der Waals surface area contributed by atoms with Crippen molar-refractivity contribution in [3.63, 3.8) is 0 Å². The summed E-state index contributed by atoms with van der Waals surface area (Å²) in [6.07, 6.45) is 3.37. The van der Waals surface area contributed by atoms with Gasteiger partial charge in [-0.2, -0.15) is 0 Å². The molecule has 1 amide bonds. The zero-order valence-corrected chi connectivity index (χ0v) is 14.2. The fraction of sp³-hybridized carbons (Fsp3) is 0.238. The van der Waals surface area contributed by atoms with Crippen molar-refractivity contribution in [2.45, 2.75) is 25.8 Å². The third-order valence-corrected chi connectivity index (χ3v) is 4.91. The van der Waals surface area contributed by atoms with Crippen LogP contribution in [0.5, 0.6) is 0 Å². The highest BCUT2D eigenvalue weighted by molar-refractivity contribution is 5.98. The number of nitrogens with zero attached hydrogens (tertiary/aromatic N) is 1. The number of benzene rings is 2. The van der Waals surface area contributed by atoms with E-state index in [0.717, 1.165) is 23.9 Å². The average Bonchev–Trinajstić information content (AvgIpc) is 2.95. The van der Waals surface area contributed by atoms with Crippen LogP contribution in [0.15, 0.2) is 59.5 Å². The summed E-state index contributed by atoms with van der Waals surface area (Å²) in [6.45, 7) is 2.62. The highest BCUT2D eigenvalue weighted by Crippen LogP contribution is 2.30. The third-order valence-electron chi connectivity index (χ3n) is 4.91. The van der Waals surface area contributed by atoms with Crippen molar-refractivity contribution in [1.29, 1.82) is 0 Å². The standard InChI is InChI=1S/C21H20N2O2/c1-14-12-16-8-5-9-17-19(16)23(14)13-18(20(17)24)21(25)22-11-10-15-6-3-2-4-7-15/h2-9,13-14H,10-12H2,1H3,(H,22,25)/t14-/m1/s1. The van der Waals surface area contributed by atoms with Crippen molar-refractivity contribution in [2.75, 3.05) is 6.54 Å². The molecule has 1 aromatic heterocycles. The topological polar surface area (TPSA) is 51.1 Å². The summed E-state index contributed by atoms with van der Waals surface area (Å²) in [6, 6.07) is 16.0. The maximum absolute atomic E-state index is 12.8. The van der Waals surface area contributed by atoms with Gasteiger partial charge < -0.3 is 9.88 Å². The third kappa shape index (κ3) is 2.74. The van der Waals surface area contributed by atoms with E-state index >= 15 is 0 Å². The molecule has 1 atom stereocenters. The zero-order chi connectivity index (χ0) is 17.4. The normalized spacial score (nSPS) is 15.5. The summed E-state index contributed by atoms with van der Waals surface area (Å²) in [5, 5.41) is 3.52. The van der Waals surface area contributed by atoms with Gasteiger partial charge in [0.15, 0.2) is 0 Å². The lowest BCUT2D eigenvalue weighted by molar-refractivity contribution is 0.0952. The van der Waals surface area contributed by atoms with Crippen molar-refractivity contribution < 1.29 is 4.79 Å². The monoisotopic (exact) mass is 332 g/mol. The van der Waals surface area contributed by atoms with Gasteiger partial charge in [-0.15, -0.1) is 0 Å². The van der Waals surface area contributed by atoms with Crippen LogP contribution in [0.4, 0.5) is 0 Å². The molecule has 0 bridgehead atoms. The van der Waals surface area contributed by atoms with Gasteiger partial charge in [-0.05, 0) is 37.0 Å². The van der Waals surface area contributed by atoms with Gasteiger partial charge >= 0.3 is 0 Å². The number of rotatable bonds is 4. The minimum absolute atomic E-state index is 0.181. The predicted molar refractivity (Wildman–Crippen MR) is 99.1 cm³/mol. The number of pyridine rings is 1. The van der Waals surface area contributed by atoms with Gasteiger partial charge in [-0.1, -0.05) is 42.5 Å². The van der Waals surface area contributed by atoms with E-state index < -0.39 is 0 Å². The minimum atomic E-state index is -0.295. The molecular weight excluding hydrogens is 312 g/mol. The van der Waals surface area contributed by atoms with Crippen molar-refractivity contribution >= 4 is 16.8 Å². The van der Waals surface area contributed by atoms with Crippen LogP contribution >= 0.6 is 0 Å². The van der Waals surface area contributed by atoms with Crippen molar-refractivity contribution in [3.8, 4) is 0 Å². The van der Waals surface area contributed by atoms with Gasteiger partial charge in [0, 0.05) is 24.2 Å². The number of carbonyl (C=O) groups is 1. The molecule has 0 saturated heterocycles. The summed E-state index contributed by atoms with van der Waals surface area (Å²) in [5.74, 6) is -0.295. The molecule has 4 rings (SSSR count). The number of aromatic nitrogens is 1. The van der Waals surface area contributed by atoms with Gasteiger partial charge in [-0.25, -0.2) is 0 Å². The Hall–Kier alpha value is -2.88. The first kappa shape index (κ1) is 15.6. The number of hydrogen-bond acceptors (Lipinski definition) is 2. The van der Waals surface area contributed by atoms with E-state index in [0.29, 0.717) is 11.9 Å². The largest absolute Gasteiger partial charge is 0.352 e. The highest BCUT2D eigenvalue weighted by atomic mass is 16.2. The SMILES string of the molecule is C[C@@H]1Cc2cccc3c(=O)c(C(=O)NCCc4ccccc4)cn1c23. The lowest BCUT2D eigenvalue weighted by Crippen LogP contribution is -2.31. The average molecular weight is 332 g/mol. The van der Waals surface area contributed by atoms with E-state index in [1.165, 1.54) is 5.56 Å². The van der Waals surface area contributed by atoms with Gasteiger partial charge in [-0.3, -0.25) is 9.59 Å². The molecule has 2 heterocycles. The Morgan fingerprint density at radius 3 is 2.76 bits per heavy atom. The number of para-hydroxylation sites is 1. The first-order valence-electron chi connectivity index (χ1n) is 8.64. The van der Waals surface area contributed by atoms with Crippen LogP contribution in [-0.4, -0.2) is 17.0 Å². The maximum atomic E-state index is 12.8. The Balaban J connectivity index is 1.61. The Morgan fingerprint density at radius 1 is 1.16 bits per heavy atom. The number of nitrogens with one attached hydrogen (secondary N) is 1. The summed E-state index contributed by atoms with van der Waals surface area (Å²) < 4.78 is 2.07. The molecule has 2 aromatic carbocycles. The molecule has 4 heteroatoms. The first-order valence-corrected chi connectivity index (χ1v) is 8.64. The lowest BCUT2D eigenvalue weighted by Gasteiger charge is -2.12. The molecule has 0 fully saturated rings. The Morgan fingerprint density at radius 2 is 1.96 bits per heavy atom. The van der Waals surface area contributed by atoms with E-state index in [1.54, 1.807) is 6.20 Å². The molecule has 25 heavy (non-hydrogen) atoms. The van der Waals surface area contributed by atoms with E-state index in [1.807, 2.05) is 42.5 Å². The quantitative estimate of drug-likeness (QED) is 0.798. The van der Waals surface area contributed by atoms with E-state index in [4.69, 9.17) is 0 Å². The van der Waals surface area contributed by atoms with Crippen molar-refractivity contribution in [1.82, 2.24) is 9.88 Å². The highest BCUT2D eigenvalue weighted by Gasteiger charge is 2.24. The molecule has 1 aliphatic rings. The molecule has 1 N–H and O–H groups in total. The van der Waals surface area contributed by atoms with Crippen LogP contribution in [-0.2, 0) is 12.8 Å². The van der Waals surface area contributed by atoms with E-state index in [-0.39, 0.29) is 22.9 Å². The first-order chi connectivity index (χ1) is 12.1. The summed E-state index contributed by atoms with van der Waals surface area (Å²) in [5.41, 5.74) is 3.36. The summed E-state index contributed by atoms with van der Waals surface area (Å²) >= 11 is 0. The maximum Gasteiger partial charge on any atom is 0.256 e. The van der Waals surface area contributed by atoms with Gasteiger partial charge in [0.05, 0.1) is 5.52 Å². The smallest absolute Gasteiger partial charge is 0.256 e. The molecule has 3 aromatic rings. The molecule has 0 saturated carbocycles. The van der Waals surface area contributed by atoms with Crippen molar-refractivity contribution in [3.05, 3.63) is 81.6 Å². The van der Waals surface area contributed by atoms with Crippen LogP contribution in [0.2, 0.25) is 0 Å². The molecule has 0 unspecified atom stereocenters. The second-order valence-electron chi connectivity index (χ2n) is 6.64. The summed E-state index contributed by atoms with van der Waals surface area (Å²) in [4.78, 5) is 25.3. The van der Waals surface area contributed by atoms with Crippen molar-refractivity contribution in [2.24, 2.45) is 0 Å². The molecule has 126 valence electrons. The summed E-state index contributed by atoms with van der Waals surface area (Å²) in [7, 11) is 0. The molecular formula is C21H20N2O2. The van der Waals surface area contributed by atoms with Crippen LogP contribution < -0.4 is 10.7 Å². The van der Waals surface area contributed by atoms with Crippen LogP contribution in [0.1, 0.15) is 34.5 Å². The lowest BCUT2D eigenvalue weighted by atomic mass is 10.1. The second-order valence-corrected chi connectivity index (χ2v) is 6.64. The minimum Gasteiger partial charge on any atom is -0.352 e. The zero-order valence-electron chi connectivity index (χ0n) is 14.2. The fourth-order valence-corrected chi connectivity index (χ4v) is 3.64. The second kappa shape index (κ2) is 6.20. The van der Waals surface area contributed by atoms with Gasteiger partial charge in [0.25, 0.3) is 5.91 Å². The number of amides is 1. The number of carbonyl (C=O) groups excluding carboxylic acids is 1. The van der Waals surface area contributed by atoms with Crippen LogP contribution in [0.3, 0.4) is 0 Å². The Bertz CT molecular complexity index is 1010. The number of hydrogen-bond donors (Lipinski definition) is 1. The molecule has 0 aliphatic carbocycles. The Labute approximate surface area is 146 Å². The Kier molecular flexibility index (Phi) is 3.88. The fourth-order valence-electron chi connectivity index (χ4n) is 3.64. The molecule has 0 radical (unpaired) electrons. The van der Waals surface area contributed by atoms with Crippen LogP contribution in [0, 0.1) is 0 Å².